The van der Waals surface area contributed by atoms with E-state index in [9.17, 15) is 9.59 Å². The second-order valence-electron chi connectivity index (χ2n) is 7.54. The molecule has 0 atom stereocenters. The maximum atomic E-state index is 12.5. The van der Waals surface area contributed by atoms with Crippen LogP contribution >= 0.6 is 0 Å². The number of anilines is 3. The zero-order valence-electron chi connectivity index (χ0n) is 16.4. The normalized spacial score (nSPS) is 16.7. The number of nitrogens with one attached hydrogen (secondary N) is 1. The fourth-order valence-electron chi connectivity index (χ4n) is 3.86. The summed E-state index contributed by atoms with van der Waals surface area (Å²) in [4.78, 5) is 37.2. The smallest absolute Gasteiger partial charge is 0.271 e. The lowest BCUT2D eigenvalue weighted by atomic mass is 10.1. The fourth-order valence-corrected chi connectivity index (χ4v) is 3.86. The molecule has 0 radical (unpaired) electrons. The Bertz CT molecular complexity index is 887. The van der Waals surface area contributed by atoms with Crippen LogP contribution in [0.4, 0.5) is 17.3 Å². The van der Waals surface area contributed by atoms with Crippen molar-refractivity contribution in [1.82, 2.24) is 14.9 Å². The van der Waals surface area contributed by atoms with E-state index in [1.807, 2.05) is 17.0 Å². The van der Waals surface area contributed by atoms with Crippen LogP contribution in [0.5, 0.6) is 0 Å². The summed E-state index contributed by atoms with van der Waals surface area (Å²) in [6, 6.07) is 7.19. The van der Waals surface area contributed by atoms with Crippen molar-refractivity contribution < 1.29 is 9.59 Å². The third kappa shape index (κ3) is 4.31. The minimum atomic E-state index is -0.633. The molecule has 3 N–H and O–H groups in total. The molecule has 1 aromatic heterocycles. The number of primary amides is 1. The number of carbonyl (C=O) groups excluding carboxylic acids is 2. The topological polar surface area (TPSA) is 104 Å². The Morgan fingerprint density at radius 3 is 2.24 bits per heavy atom. The van der Waals surface area contributed by atoms with Gasteiger partial charge < -0.3 is 20.9 Å². The molecule has 29 heavy (non-hydrogen) atoms. The standard InChI is InChI=1S/C21H26N6O2/c22-19(28)18-20(25-17(14-23-18)26-10-2-1-3-11-26)24-16-8-6-15(7-9-16)21(29)27-12-4-5-13-27/h6-9,14H,1-5,10-13H2,(H2,22,28)(H,24,25). The van der Waals surface area contributed by atoms with Gasteiger partial charge in [0, 0.05) is 37.4 Å². The molecule has 0 aliphatic carbocycles. The molecule has 2 aromatic rings. The number of nitrogens with zero attached hydrogens (tertiary/aromatic N) is 4. The molecule has 2 saturated heterocycles. The summed E-state index contributed by atoms with van der Waals surface area (Å²) in [6.45, 7) is 3.49. The van der Waals surface area contributed by atoms with Gasteiger partial charge >= 0.3 is 0 Å². The zero-order chi connectivity index (χ0) is 20.2. The third-order valence-corrected chi connectivity index (χ3v) is 5.46. The van der Waals surface area contributed by atoms with E-state index < -0.39 is 5.91 Å². The maximum absolute atomic E-state index is 12.5. The summed E-state index contributed by atoms with van der Waals surface area (Å²) in [5, 5.41) is 3.14. The molecule has 2 aliphatic rings. The Hall–Kier alpha value is -3.16. The predicted molar refractivity (Wildman–Crippen MR) is 111 cm³/mol. The Morgan fingerprint density at radius 1 is 0.931 bits per heavy atom. The van der Waals surface area contributed by atoms with Gasteiger partial charge in [0.1, 0.15) is 5.82 Å². The first-order valence-corrected chi connectivity index (χ1v) is 10.2. The number of aromatic nitrogens is 2. The average Bonchev–Trinajstić information content (AvgIpc) is 3.29. The number of benzene rings is 1. The van der Waals surface area contributed by atoms with Gasteiger partial charge in [-0.2, -0.15) is 0 Å². The minimum Gasteiger partial charge on any atom is -0.364 e. The lowest BCUT2D eigenvalue weighted by molar-refractivity contribution is 0.0792. The molecular formula is C21H26N6O2. The molecule has 0 spiro atoms. The molecule has 2 aliphatic heterocycles. The van der Waals surface area contributed by atoms with Crippen molar-refractivity contribution in [2.75, 3.05) is 36.4 Å². The lowest BCUT2D eigenvalue weighted by Gasteiger charge is -2.27. The predicted octanol–water partition coefficient (Wildman–Crippen LogP) is 2.55. The molecular weight excluding hydrogens is 368 g/mol. The Balaban J connectivity index is 1.54. The monoisotopic (exact) mass is 394 g/mol. The summed E-state index contributed by atoms with van der Waals surface area (Å²) >= 11 is 0. The molecule has 0 unspecified atom stereocenters. The van der Waals surface area contributed by atoms with Crippen molar-refractivity contribution in [2.24, 2.45) is 5.73 Å². The van der Waals surface area contributed by atoms with Gasteiger partial charge in [0.15, 0.2) is 11.5 Å². The lowest BCUT2D eigenvalue weighted by Crippen LogP contribution is -2.31. The highest BCUT2D eigenvalue weighted by molar-refractivity contribution is 5.97. The highest BCUT2D eigenvalue weighted by Crippen LogP contribution is 2.24. The summed E-state index contributed by atoms with van der Waals surface area (Å²) < 4.78 is 0. The molecule has 3 heterocycles. The van der Waals surface area contributed by atoms with Crippen LogP contribution < -0.4 is 16.0 Å². The first-order valence-electron chi connectivity index (χ1n) is 10.2. The summed E-state index contributed by atoms with van der Waals surface area (Å²) in [5.41, 5.74) is 6.96. The van der Waals surface area contributed by atoms with E-state index in [0.717, 1.165) is 63.4 Å². The van der Waals surface area contributed by atoms with Crippen LogP contribution in [0, 0.1) is 0 Å². The van der Waals surface area contributed by atoms with Crippen molar-refractivity contribution in [2.45, 2.75) is 32.1 Å². The second-order valence-corrected chi connectivity index (χ2v) is 7.54. The number of likely N-dealkylation sites (tertiary alicyclic amines) is 1. The first kappa shape index (κ1) is 19.2. The maximum Gasteiger partial charge on any atom is 0.271 e. The van der Waals surface area contributed by atoms with Crippen LogP contribution in [0.3, 0.4) is 0 Å². The Kier molecular flexibility index (Phi) is 5.59. The molecule has 4 rings (SSSR count). The molecule has 8 heteroatoms. The van der Waals surface area contributed by atoms with Crippen LogP contribution in [0.25, 0.3) is 0 Å². The van der Waals surface area contributed by atoms with Gasteiger partial charge in [0.05, 0.1) is 6.20 Å². The largest absolute Gasteiger partial charge is 0.364 e. The van der Waals surface area contributed by atoms with Crippen LogP contribution in [0.1, 0.15) is 53.0 Å². The zero-order valence-corrected chi connectivity index (χ0v) is 16.4. The molecule has 2 amide bonds. The van der Waals surface area contributed by atoms with Crippen LogP contribution in [-0.2, 0) is 0 Å². The number of hydrogen-bond acceptors (Lipinski definition) is 6. The Morgan fingerprint density at radius 2 is 1.59 bits per heavy atom. The number of piperidine rings is 1. The molecule has 152 valence electrons. The quantitative estimate of drug-likeness (QED) is 0.808. The van der Waals surface area contributed by atoms with Gasteiger partial charge in [-0.3, -0.25) is 9.59 Å². The van der Waals surface area contributed by atoms with Gasteiger partial charge in [-0.25, -0.2) is 9.97 Å². The molecule has 8 nitrogen and oxygen atoms in total. The molecule has 0 saturated carbocycles. The van der Waals surface area contributed by atoms with Crippen molar-refractivity contribution in [3.63, 3.8) is 0 Å². The van der Waals surface area contributed by atoms with Crippen molar-refractivity contribution in [1.29, 1.82) is 0 Å². The van der Waals surface area contributed by atoms with Crippen molar-refractivity contribution >= 4 is 29.1 Å². The van der Waals surface area contributed by atoms with Gasteiger partial charge in [-0.15, -0.1) is 0 Å². The van der Waals surface area contributed by atoms with Crippen molar-refractivity contribution in [3.05, 3.63) is 41.7 Å². The SMILES string of the molecule is NC(=O)c1ncc(N2CCCCC2)nc1Nc1ccc(C(=O)N2CCCC2)cc1. The van der Waals surface area contributed by atoms with E-state index in [2.05, 4.69) is 20.2 Å². The van der Waals surface area contributed by atoms with Gasteiger partial charge in [0.2, 0.25) is 0 Å². The van der Waals surface area contributed by atoms with Gasteiger partial charge in [-0.05, 0) is 56.4 Å². The van der Waals surface area contributed by atoms with Gasteiger partial charge in [-0.1, -0.05) is 0 Å². The van der Waals surface area contributed by atoms with Crippen LogP contribution in [0.2, 0.25) is 0 Å². The third-order valence-electron chi connectivity index (χ3n) is 5.46. The molecule has 1 aromatic carbocycles. The van der Waals surface area contributed by atoms with E-state index in [1.165, 1.54) is 6.42 Å². The fraction of sp³-hybridized carbons (Fsp3) is 0.429. The van der Waals surface area contributed by atoms with Crippen molar-refractivity contribution in [3.8, 4) is 0 Å². The first-order chi connectivity index (χ1) is 14.1. The summed E-state index contributed by atoms with van der Waals surface area (Å²) in [7, 11) is 0. The number of rotatable bonds is 5. The number of nitrogens with two attached hydrogens (primary N) is 1. The van der Waals surface area contributed by atoms with E-state index in [-0.39, 0.29) is 11.6 Å². The van der Waals surface area contributed by atoms with Crippen LogP contribution in [-0.4, -0.2) is 52.9 Å². The van der Waals surface area contributed by atoms with Gasteiger partial charge in [0.25, 0.3) is 11.8 Å². The molecule has 2 fully saturated rings. The number of amides is 2. The van der Waals surface area contributed by atoms with E-state index in [0.29, 0.717) is 11.4 Å². The van der Waals surface area contributed by atoms with E-state index >= 15 is 0 Å². The van der Waals surface area contributed by atoms with E-state index in [1.54, 1.807) is 18.3 Å². The number of hydrogen-bond donors (Lipinski definition) is 2. The highest BCUT2D eigenvalue weighted by atomic mass is 16.2. The average molecular weight is 394 g/mol. The summed E-state index contributed by atoms with van der Waals surface area (Å²) in [6.07, 6.45) is 7.19. The summed E-state index contributed by atoms with van der Waals surface area (Å²) in [5.74, 6) is 0.488. The Labute approximate surface area is 170 Å². The van der Waals surface area contributed by atoms with Crippen LogP contribution in [0.15, 0.2) is 30.5 Å². The minimum absolute atomic E-state index is 0.0544. The highest BCUT2D eigenvalue weighted by Gasteiger charge is 2.20. The number of carbonyl (C=O) groups is 2. The second kappa shape index (κ2) is 8.46. The molecule has 0 bridgehead atoms. The van der Waals surface area contributed by atoms with E-state index in [4.69, 9.17) is 5.73 Å².